The average molecular weight is 278 g/mol. The van der Waals surface area contributed by atoms with Crippen molar-refractivity contribution in [2.24, 2.45) is 0 Å². The van der Waals surface area contributed by atoms with Crippen molar-refractivity contribution in [2.75, 3.05) is 5.88 Å². The Kier molecular flexibility index (Phi) is 4.56. The van der Waals surface area contributed by atoms with Gasteiger partial charge in [-0.1, -0.05) is 11.8 Å². The highest BCUT2D eigenvalue weighted by Gasteiger charge is 2.32. The topological polar surface area (TPSA) is 43.1 Å². The molecule has 0 amide bonds. The monoisotopic (exact) mass is 277 g/mol. The molecule has 0 N–H and O–H groups in total. The van der Waals surface area contributed by atoms with E-state index in [1.54, 1.807) is 0 Å². The number of hydrogen-bond acceptors (Lipinski definition) is 2. The van der Waals surface area contributed by atoms with Gasteiger partial charge in [0, 0.05) is 18.4 Å². The molecule has 3 nitrogen and oxygen atoms in total. The van der Waals surface area contributed by atoms with Gasteiger partial charge in [0.1, 0.15) is 5.56 Å². The molecule has 0 bridgehead atoms. The number of halogens is 4. The predicted molar refractivity (Wildman–Crippen MR) is 60.3 cm³/mol. The van der Waals surface area contributed by atoms with E-state index in [0.717, 1.165) is 12.1 Å². The van der Waals surface area contributed by atoms with E-state index in [1.807, 2.05) is 0 Å². The minimum absolute atomic E-state index is 0.0573. The third kappa shape index (κ3) is 3.64. The first kappa shape index (κ1) is 14.3. The van der Waals surface area contributed by atoms with E-state index in [1.165, 1.54) is 0 Å². The second-order valence-corrected chi connectivity index (χ2v) is 3.61. The van der Waals surface area contributed by atoms with Gasteiger partial charge in [0.15, 0.2) is 0 Å². The Labute approximate surface area is 106 Å². The van der Waals surface area contributed by atoms with Crippen LogP contribution in [0.15, 0.2) is 18.2 Å². The fraction of sp³-hybridized carbons (Fsp3) is 0.273. The maximum atomic E-state index is 12.4. The minimum atomic E-state index is -4.62. The number of hydrogen-bond donors (Lipinski definition) is 0. The van der Waals surface area contributed by atoms with Crippen LogP contribution in [0.25, 0.3) is 0 Å². The van der Waals surface area contributed by atoms with Crippen LogP contribution < -0.4 is 0 Å². The molecule has 0 unspecified atom stereocenters. The molecule has 1 rings (SSSR count). The highest BCUT2D eigenvalue weighted by atomic mass is 35.5. The van der Waals surface area contributed by atoms with Gasteiger partial charge < -0.3 is 0 Å². The predicted octanol–water partition coefficient (Wildman–Crippen LogP) is 3.59. The normalized spacial score (nSPS) is 10.7. The summed E-state index contributed by atoms with van der Waals surface area (Å²) in [5, 5.41) is 10.7. The summed E-state index contributed by atoms with van der Waals surface area (Å²) in [6, 6.07) is 2.23. The lowest BCUT2D eigenvalue weighted by Crippen LogP contribution is -2.06. The Morgan fingerprint density at radius 1 is 1.39 bits per heavy atom. The lowest BCUT2D eigenvalue weighted by molar-refractivity contribution is -0.385. The van der Waals surface area contributed by atoms with Crippen molar-refractivity contribution in [3.63, 3.8) is 0 Å². The van der Waals surface area contributed by atoms with E-state index >= 15 is 0 Å². The molecule has 0 heterocycles. The molecule has 1 aromatic carbocycles. The second-order valence-electron chi connectivity index (χ2n) is 3.23. The van der Waals surface area contributed by atoms with Crippen molar-refractivity contribution in [3.05, 3.63) is 39.4 Å². The molecule has 96 valence electrons. The summed E-state index contributed by atoms with van der Waals surface area (Å²) in [4.78, 5) is 9.79. The fourth-order valence-electron chi connectivity index (χ4n) is 1.17. The number of nitro groups is 1. The van der Waals surface area contributed by atoms with Crippen LogP contribution in [0.1, 0.15) is 17.5 Å². The standard InChI is InChI=1S/C11H7ClF3NO2/c12-6-2-1-3-8-4-5-9(11(13,14)15)7-10(8)16(17)18/h4-5,7H,2,6H2. The molecule has 0 atom stereocenters. The van der Waals surface area contributed by atoms with Crippen LogP contribution in [0.4, 0.5) is 18.9 Å². The van der Waals surface area contributed by atoms with E-state index in [4.69, 9.17) is 11.6 Å². The molecule has 0 aliphatic rings. The van der Waals surface area contributed by atoms with E-state index in [2.05, 4.69) is 11.8 Å². The summed E-state index contributed by atoms with van der Waals surface area (Å²) >= 11 is 5.37. The molecule has 7 heteroatoms. The fourth-order valence-corrected chi connectivity index (χ4v) is 1.26. The highest BCUT2D eigenvalue weighted by Crippen LogP contribution is 2.32. The average Bonchev–Trinajstić information content (AvgIpc) is 2.28. The second kappa shape index (κ2) is 5.74. The molecule has 1 aromatic rings. The van der Waals surface area contributed by atoms with Crippen molar-refractivity contribution >= 4 is 17.3 Å². The summed E-state index contributed by atoms with van der Waals surface area (Å²) in [5.74, 6) is 5.22. The van der Waals surface area contributed by atoms with Crippen molar-refractivity contribution in [1.29, 1.82) is 0 Å². The summed E-state index contributed by atoms with van der Waals surface area (Å²) in [6.45, 7) is 0. The highest BCUT2D eigenvalue weighted by molar-refractivity contribution is 6.18. The van der Waals surface area contributed by atoms with Gasteiger partial charge in [0.05, 0.1) is 10.5 Å². The van der Waals surface area contributed by atoms with Crippen LogP contribution in [-0.2, 0) is 6.18 Å². The van der Waals surface area contributed by atoms with Crippen LogP contribution in [0.5, 0.6) is 0 Å². The van der Waals surface area contributed by atoms with Crippen LogP contribution in [0.3, 0.4) is 0 Å². The molecule has 0 radical (unpaired) electrons. The quantitative estimate of drug-likeness (QED) is 0.359. The van der Waals surface area contributed by atoms with E-state index in [-0.39, 0.29) is 11.4 Å². The zero-order valence-corrected chi connectivity index (χ0v) is 9.68. The molecule has 0 aliphatic carbocycles. The Bertz CT molecular complexity index is 517. The Balaban J connectivity index is 3.23. The Hall–Kier alpha value is -1.74. The Morgan fingerprint density at radius 3 is 2.56 bits per heavy atom. The van der Waals surface area contributed by atoms with Gasteiger partial charge in [-0.2, -0.15) is 13.2 Å². The lowest BCUT2D eigenvalue weighted by Gasteiger charge is -2.06. The number of nitrogens with zero attached hydrogens (tertiary/aromatic N) is 1. The van der Waals surface area contributed by atoms with Crippen LogP contribution >= 0.6 is 11.6 Å². The minimum Gasteiger partial charge on any atom is -0.258 e. The molecule has 0 spiro atoms. The maximum absolute atomic E-state index is 12.4. The molecule has 0 aromatic heterocycles. The van der Waals surface area contributed by atoms with E-state index < -0.39 is 22.4 Å². The van der Waals surface area contributed by atoms with E-state index in [0.29, 0.717) is 12.5 Å². The van der Waals surface area contributed by atoms with Gasteiger partial charge in [-0.25, -0.2) is 0 Å². The maximum Gasteiger partial charge on any atom is 0.416 e. The summed E-state index contributed by atoms with van der Waals surface area (Å²) < 4.78 is 37.2. The van der Waals surface area contributed by atoms with Gasteiger partial charge in [-0.15, -0.1) is 11.6 Å². The first-order chi connectivity index (χ1) is 8.36. The molecule has 0 saturated heterocycles. The van der Waals surface area contributed by atoms with Gasteiger partial charge in [-0.3, -0.25) is 10.1 Å². The van der Waals surface area contributed by atoms with E-state index in [9.17, 15) is 23.3 Å². The number of benzene rings is 1. The molecular formula is C11H7ClF3NO2. The number of alkyl halides is 4. The largest absolute Gasteiger partial charge is 0.416 e. The third-order valence-electron chi connectivity index (χ3n) is 1.96. The van der Waals surface area contributed by atoms with Crippen molar-refractivity contribution < 1.29 is 18.1 Å². The lowest BCUT2D eigenvalue weighted by atomic mass is 10.1. The molecule has 18 heavy (non-hydrogen) atoms. The van der Waals surface area contributed by atoms with Gasteiger partial charge in [-0.05, 0) is 12.1 Å². The smallest absolute Gasteiger partial charge is 0.258 e. The van der Waals surface area contributed by atoms with Gasteiger partial charge >= 0.3 is 6.18 Å². The first-order valence-corrected chi connectivity index (χ1v) is 5.30. The molecule has 0 aliphatic heterocycles. The summed E-state index contributed by atoms with van der Waals surface area (Å²) in [6.07, 6.45) is -4.31. The van der Waals surface area contributed by atoms with Crippen molar-refractivity contribution in [2.45, 2.75) is 12.6 Å². The number of nitro benzene ring substituents is 1. The van der Waals surface area contributed by atoms with Crippen molar-refractivity contribution in [1.82, 2.24) is 0 Å². The molecule has 0 saturated carbocycles. The zero-order chi connectivity index (χ0) is 13.8. The first-order valence-electron chi connectivity index (χ1n) is 4.76. The van der Waals surface area contributed by atoms with Gasteiger partial charge in [0.25, 0.3) is 5.69 Å². The number of rotatable bonds is 2. The Morgan fingerprint density at radius 2 is 2.06 bits per heavy atom. The van der Waals surface area contributed by atoms with Crippen molar-refractivity contribution in [3.8, 4) is 11.8 Å². The van der Waals surface area contributed by atoms with Gasteiger partial charge in [0.2, 0.25) is 0 Å². The summed E-state index contributed by atoms with van der Waals surface area (Å²) in [5.41, 5.74) is -1.79. The molecular weight excluding hydrogens is 271 g/mol. The summed E-state index contributed by atoms with van der Waals surface area (Å²) in [7, 11) is 0. The van der Waals surface area contributed by atoms with Crippen LogP contribution in [-0.4, -0.2) is 10.8 Å². The van der Waals surface area contributed by atoms with Crippen LogP contribution in [0.2, 0.25) is 0 Å². The zero-order valence-electron chi connectivity index (χ0n) is 8.92. The van der Waals surface area contributed by atoms with Crippen LogP contribution in [0, 0.1) is 22.0 Å². The SMILES string of the molecule is O=[N+]([O-])c1cc(C(F)(F)F)ccc1C#CCCCl. The third-order valence-corrected chi connectivity index (χ3v) is 2.15. The molecule has 0 fully saturated rings.